The van der Waals surface area contributed by atoms with Gasteiger partial charge in [0.15, 0.2) is 5.78 Å². The number of carbonyl (C=O) groups excluding carboxylic acids is 3. The third-order valence-electron chi connectivity index (χ3n) is 4.61. The van der Waals surface area contributed by atoms with Gasteiger partial charge in [0.2, 0.25) is 0 Å². The van der Waals surface area contributed by atoms with Gasteiger partial charge in [0, 0.05) is 12.1 Å². The van der Waals surface area contributed by atoms with Crippen LogP contribution in [-0.4, -0.2) is 64.5 Å². The van der Waals surface area contributed by atoms with Crippen molar-refractivity contribution in [3.05, 3.63) is 29.8 Å². The number of ether oxygens (including phenoxy) is 1. The summed E-state index contributed by atoms with van der Waals surface area (Å²) >= 11 is 0. The van der Waals surface area contributed by atoms with Crippen LogP contribution in [-0.2, 0) is 4.79 Å². The molecule has 0 spiro atoms. The third kappa shape index (κ3) is 3.66. The molecule has 2 saturated heterocycles. The standard InChI is InChI=1S/C18H22N2O5/c1-12(21)13-5-4-6-15(9-13)25-11-14(22)10-20-17(23)16-7-2-3-8-19(16)18(20)24/h4-6,9,14,16,22H,2-3,7-8,10-11H2,1H3. The average Bonchev–Trinajstić information content (AvgIpc) is 2.85. The van der Waals surface area contributed by atoms with Gasteiger partial charge < -0.3 is 14.7 Å². The van der Waals surface area contributed by atoms with Crippen molar-refractivity contribution in [2.75, 3.05) is 19.7 Å². The lowest BCUT2D eigenvalue weighted by Gasteiger charge is -2.26. The fourth-order valence-electron chi connectivity index (χ4n) is 3.28. The molecule has 7 nitrogen and oxygen atoms in total. The predicted molar refractivity (Wildman–Crippen MR) is 89.4 cm³/mol. The molecular formula is C18H22N2O5. The van der Waals surface area contributed by atoms with E-state index >= 15 is 0 Å². The van der Waals surface area contributed by atoms with E-state index in [1.165, 1.54) is 6.92 Å². The number of urea groups is 1. The smallest absolute Gasteiger partial charge is 0.327 e. The number of fused-ring (bicyclic) bond motifs is 1. The number of benzene rings is 1. The van der Waals surface area contributed by atoms with Crippen LogP contribution in [0.4, 0.5) is 4.79 Å². The number of aliphatic hydroxyl groups excluding tert-OH is 1. The number of nitrogens with zero attached hydrogens (tertiary/aromatic N) is 2. The quantitative estimate of drug-likeness (QED) is 0.622. The highest BCUT2D eigenvalue weighted by Gasteiger charge is 2.46. The maximum absolute atomic E-state index is 12.4. The minimum absolute atomic E-state index is 0.0664. The summed E-state index contributed by atoms with van der Waals surface area (Å²) in [5.41, 5.74) is 0.522. The van der Waals surface area contributed by atoms with Crippen molar-refractivity contribution in [1.82, 2.24) is 9.80 Å². The number of imide groups is 1. The summed E-state index contributed by atoms with van der Waals surface area (Å²) in [6.45, 7) is 1.91. The Hall–Kier alpha value is -2.41. The highest BCUT2D eigenvalue weighted by Crippen LogP contribution is 2.26. The summed E-state index contributed by atoms with van der Waals surface area (Å²) in [5, 5.41) is 10.2. The minimum atomic E-state index is -0.991. The molecule has 0 radical (unpaired) electrons. The van der Waals surface area contributed by atoms with E-state index in [9.17, 15) is 19.5 Å². The van der Waals surface area contributed by atoms with E-state index in [0.29, 0.717) is 24.3 Å². The number of β-amino-alcohol motifs (C(OH)–C–C–N with tert-alkyl or cyclic N) is 1. The molecule has 7 heteroatoms. The Balaban J connectivity index is 1.56. The lowest BCUT2D eigenvalue weighted by Crippen LogP contribution is -2.40. The molecule has 0 saturated carbocycles. The molecule has 1 N–H and O–H groups in total. The SMILES string of the molecule is CC(=O)c1cccc(OCC(O)CN2C(=O)C3CCCCN3C2=O)c1. The molecule has 1 aromatic rings. The fraction of sp³-hybridized carbons (Fsp3) is 0.500. The number of ketones is 1. The van der Waals surface area contributed by atoms with Crippen molar-refractivity contribution in [3.8, 4) is 5.75 Å². The van der Waals surface area contributed by atoms with Crippen molar-refractivity contribution >= 4 is 17.7 Å². The highest BCUT2D eigenvalue weighted by molar-refractivity contribution is 6.04. The first-order chi connectivity index (χ1) is 12.0. The maximum Gasteiger partial charge on any atom is 0.327 e. The van der Waals surface area contributed by atoms with E-state index in [4.69, 9.17) is 4.74 Å². The first-order valence-corrected chi connectivity index (χ1v) is 8.51. The van der Waals surface area contributed by atoms with Gasteiger partial charge in [-0.05, 0) is 38.3 Å². The van der Waals surface area contributed by atoms with Crippen LogP contribution in [0, 0.1) is 0 Å². The largest absolute Gasteiger partial charge is 0.491 e. The molecule has 0 aliphatic carbocycles. The highest BCUT2D eigenvalue weighted by atomic mass is 16.5. The zero-order chi connectivity index (χ0) is 18.0. The second-order valence-corrected chi connectivity index (χ2v) is 6.49. The van der Waals surface area contributed by atoms with E-state index < -0.39 is 6.10 Å². The van der Waals surface area contributed by atoms with Crippen LogP contribution in [0.3, 0.4) is 0 Å². The fourth-order valence-corrected chi connectivity index (χ4v) is 3.28. The lowest BCUT2D eigenvalue weighted by atomic mass is 10.0. The molecule has 2 heterocycles. The zero-order valence-electron chi connectivity index (χ0n) is 14.2. The molecule has 0 aromatic heterocycles. The van der Waals surface area contributed by atoms with Gasteiger partial charge in [0.25, 0.3) is 5.91 Å². The molecule has 2 aliphatic heterocycles. The number of Topliss-reactive ketones (excluding diaryl/α,β-unsaturated/α-hetero) is 1. The van der Waals surface area contributed by atoms with Gasteiger partial charge in [-0.3, -0.25) is 14.5 Å². The summed E-state index contributed by atoms with van der Waals surface area (Å²) in [7, 11) is 0. The third-order valence-corrected chi connectivity index (χ3v) is 4.61. The van der Waals surface area contributed by atoms with Crippen molar-refractivity contribution in [1.29, 1.82) is 0 Å². The molecule has 2 aliphatic rings. The van der Waals surface area contributed by atoms with Crippen molar-refractivity contribution in [2.45, 2.75) is 38.3 Å². The van der Waals surface area contributed by atoms with Crippen molar-refractivity contribution in [3.63, 3.8) is 0 Å². The average molecular weight is 346 g/mol. The van der Waals surface area contributed by atoms with E-state index in [1.807, 2.05) is 0 Å². The number of carbonyl (C=O) groups is 3. The number of amides is 3. The summed E-state index contributed by atoms with van der Waals surface area (Å²) < 4.78 is 5.49. The Kier molecular flexibility index (Phi) is 5.03. The molecule has 0 bridgehead atoms. The monoisotopic (exact) mass is 346 g/mol. The van der Waals surface area contributed by atoms with Gasteiger partial charge in [0.1, 0.15) is 24.5 Å². The van der Waals surface area contributed by atoms with Crippen LogP contribution in [0.1, 0.15) is 36.5 Å². The Labute approximate surface area is 146 Å². The first kappa shape index (κ1) is 17.4. The molecule has 25 heavy (non-hydrogen) atoms. The predicted octanol–water partition coefficient (Wildman–Crippen LogP) is 1.45. The topological polar surface area (TPSA) is 87.2 Å². The van der Waals surface area contributed by atoms with Crippen LogP contribution >= 0.6 is 0 Å². The van der Waals surface area contributed by atoms with E-state index in [-0.39, 0.29) is 36.9 Å². The number of hydrogen-bond donors (Lipinski definition) is 1. The van der Waals surface area contributed by atoms with Gasteiger partial charge in [-0.15, -0.1) is 0 Å². The Bertz CT molecular complexity index is 666. The zero-order valence-corrected chi connectivity index (χ0v) is 14.2. The van der Waals surface area contributed by atoms with Crippen LogP contribution in [0.25, 0.3) is 0 Å². The summed E-state index contributed by atoms with van der Waals surface area (Å²) in [5.74, 6) is 0.154. The summed E-state index contributed by atoms with van der Waals surface area (Å²) in [6.07, 6.45) is 1.54. The second kappa shape index (κ2) is 7.23. The van der Waals surface area contributed by atoms with E-state index in [1.54, 1.807) is 29.2 Å². The Morgan fingerprint density at radius 3 is 2.88 bits per heavy atom. The van der Waals surface area contributed by atoms with Crippen LogP contribution in [0.15, 0.2) is 24.3 Å². The van der Waals surface area contributed by atoms with E-state index in [0.717, 1.165) is 17.7 Å². The van der Waals surface area contributed by atoms with Gasteiger partial charge in [-0.2, -0.15) is 0 Å². The lowest BCUT2D eigenvalue weighted by molar-refractivity contribution is -0.129. The number of aliphatic hydroxyl groups is 1. The van der Waals surface area contributed by atoms with Gasteiger partial charge >= 0.3 is 6.03 Å². The van der Waals surface area contributed by atoms with Crippen LogP contribution < -0.4 is 4.74 Å². The number of piperidine rings is 1. The van der Waals surface area contributed by atoms with Crippen LogP contribution in [0.2, 0.25) is 0 Å². The molecule has 3 amide bonds. The maximum atomic E-state index is 12.4. The molecule has 2 atom stereocenters. The van der Waals surface area contributed by atoms with E-state index in [2.05, 4.69) is 0 Å². The Morgan fingerprint density at radius 1 is 1.36 bits per heavy atom. The minimum Gasteiger partial charge on any atom is -0.491 e. The van der Waals surface area contributed by atoms with Gasteiger partial charge in [0.05, 0.1) is 6.54 Å². The molecule has 1 aromatic carbocycles. The molecular weight excluding hydrogens is 324 g/mol. The summed E-state index contributed by atoms with van der Waals surface area (Å²) in [6, 6.07) is 5.97. The molecule has 2 unspecified atom stereocenters. The van der Waals surface area contributed by atoms with Gasteiger partial charge in [-0.25, -0.2) is 4.79 Å². The van der Waals surface area contributed by atoms with Gasteiger partial charge in [-0.1, -0.05) is 12.1 Å². The summed E-state index contributed by atoms with van der Waals surface area (Å²) in [4.78, 5) is 38.8. The Morgan fingerprint density at radius 2 is 2.16 bits per heavy atom. The first-order valence-electron chi connectivity index (χ1n) is 8.51. The number of hydrogen-bond acceptors (Lipinski definition) is 5. The molecule has 2 fully saturated rings. The number of rotatable bonds is 6. The van der Waals surface area contributed by atoms with Crippen LogP contribution in [0.5, 0.6) is 5.75 Å². The normalized spacial score (nSPS) is 21.3. The molecule has 3 rings (SSSR count). The molecule has 134 valence electrons. The second-order valence-electron chi connectivity index (χ2n) is 6.49. The van der Waals surface area contributed by atoms with Crippen molar-refractivity contribution < 1.29 is 24.2 Å². The van der Waals surface area contributed by atoms with Crippen molar-refractivity contribution in [2.24, 2.45) is 0 Å².